The van der Waals surface area contributed by atoms with Gasteiger partial charge in [-0.2, -0.15) is 0 Å². The summed E-state index contributed by atoms with van der Waals surface area (Å²) in [6.07, 6.45) is 7.82. The third-order valence-electron chi connectivity index (χ3n) is 5.09. The highest BCUT2D eigenvalue weighted by Gasteiger charge is 2.25. The Morgan fingerprint density at radius 1 is 1.39 bits per heavy atom. The van der Waals surface area contributed by atoms with Gasteiger partial charge in [0, 0.05) is 57.6 Å². The Morgan fingerprint density at radius 2 is 2.22 bits per heavy atom. The van der Waals surface area contributed by atoms with Crippen LogP contribution in [0.2, 0.25) is 0 Å². The van der Waals surface area contributed by atoms with Gasteiger partial charge in [0.15, 0.2) is 0 Å². The molecule has 0 bridgehead atoms. The minimum atomic E-state index is 0.286. The molecule has 5 heteroatoms. The fourth-order valence-electron chi connectivity index (χ4n) is 3.51. The van der Waals surface area contributed by atoms with Gasteiger partial charge in [-0.15, -0.1) is 0 Å². The highest BCUT2D eigenvalue weighted by atomic mass is 16.5. The minimum Gasteiger partial charge on any atom is -0.378 e. The number of aromatic nitrogens is 1. The summed E-state index contributed by atoms with van der Waals surface area (Å²) in [7, 11) is 0. The number of nitrogens with zero attached hydrogens (tertiary/aromatic N) is 3. The summed E-state index contributed by atoms with van der Waals surface area (Å²) in [6, 6.07) is 4.46. The summed E-state index contributed by atoms with van der Waals surface area (Å²) in [4.78, 5) is 21.0. The summed E-state index contributed by atoms with van der Waals surface area (Å²) < 4.78 is 5.60. The second kappa shape index (κ2) is 7.88. The molecule has 0 radical (unpaired) electrons. The normalized spacial score (nSPS) is 23.9. The van der Waals surface area contributed by atoms with E-state index in [1.807, 2.05) is 17.2 Å². The van der Waals surface area contributed by atoms with Crippen molar-refractivity contribution in [1.29, 1.82) is 0 Å². The summed E-state index contributed by atoms with van der Waals surface area (Å²) >= 11 is 0. The van der Waals surface area contributed by atoms with Crippen molar-refractivity contribution in [1.82, 2.24) is 14.8 Å². The number of carbonyl (C=O) groups excluding carboxylic acids is 1. The predicted molar refractivity (Wildman–Crippen MR) is 89.0 cm³/mol. The highest BCUT2D eigenvalue weighted by Crippen LogP contribution is 2.22. The number of amides is 1. The lowest BCUT2D eigenvalue weighted by Gasteiger charge is -2.38. The zero-order valence-electron chi connectivity index (χ0n) is 14.0. The molecule has 2 fully saturated rings. The number of piperazine rings is 1. The lowest BCUT2D eigenvalue weighted by molar-refractivity contribution is -0.133. The van der Waals surface area contributed by atoms with Crippen molar-refractivity contribution in [2.24, 2.45) is 0 Å². The van der Waals surface area contributed by atoms with E-state index >= 15 is 0 Å². The van der Waals surface area contributed by atoms with Crippen LogP contribution in [0.5, 0.6) is 0 Å². The van der Waals surface area contributed by atoms with Gasteiger partial charge in [0.25, 0.3) is 0 Å². The smallest absolute Gasteiger partial charge is 0.222 e. The molecule has 1 aromatic heterocycles. The number of ether oxygens (including phenoxy) is 1. The summed E-state index contributed by atoms with van der Waals surface area (Å²) in [5.41, 5.74) is 1.24. The van der Waals surface area contributed by atoms with Crippen LogP contribution in [-0.2, 0) is 9.53 Å². The minimum absolute atomic E-state index is 0.286. The molecular formula is C18H27N3O2. The van der Waals surface area contributed by atoms with Gasteiger partial charge in [0.05, 0.1) is 6.10 Å². The van der Waals surface area contributed by atoms with E-state index in [2.05, 4.69) is 22.9 Å². The third kappa shape index (κ3) is 4.30. The molecule has 1 amide bonds. The van der Waals surface area contributed by atoms with E-state index < -0.39 is 0 Å². The van der Waals surface area contributed by atoms with Crippen LogP contribution in [0, 0.1) is 0 Å². The fourth-order valence-corrected chi connectivity index (χ4v) is 3.51. The first-order valence-electron chi connectivity index (χ1n) is 8.77. The third-order valence-corrected chi connectivity index (χ3v) is 5.09. The molecule has 3 heterocycles. The van der Waals surface area contributed by atoms with Crippen LogP contribution in [0.15, 0.2) is 24.5 Å². The molecule has 0 aliphatic carbocycles. The molecule has 0 aromatic carbocycles. The van der Waals surface area contributed by atoms with E-state index in [1.54, 1.807) is 6.20 Å². The van der Waals surface area contributed by atoms with E-state index in [0.717, 1.165) is 52.0 Å². The molecule has 23 heavy (non-hydrogen) atoms. The van der Waals surface area contributed by atoms with Crippen LogP contribution < -0.4 is 0 Å². The molecule has 3 rings (SSSR count). The number of hydrogen-bond acceptors (Lipinski definition) is 4. The van der Waals surface area contributed by atoms with Gasteiger partial charge in [-0.3, -0.25) is 14.7 Å². The highest BCUT2D eigenvalue weighted by molar-refractivity contribution is 5.76. The number of carbonyl (C=O) groups is 1. The van der Waals surface area contributed by atoms with Crippen LogP contribution in [0.1, 0.15) is 44.2 Å². The second-order valence-corrected chi connectivity index (χ2v) is 6.55. The lowest BCUT2D eigenvalue weighted by Crippen LogP contribution is -2.49. The molecule has 0 N–H and O–H groups in total. The summed E-state index contributed by atoms with van der Waals surface area (Å²) in [6.45, 7) is 6.60. The zero-order chi connectivity index (χ0) is 16.1. The fraction of sp³-hybridized carbons (Fsp3) is 0.667. The van der Waals surface area contributed by atoms with E-state index in [0.29, 0.717) is 18.6 Å². The molecular weight excluding hydrogens is 290 g/mol. The van der Waals surface area contributed by atoms with Crippen LogP contribution in [-0.4, -0.2) is 59.6 Å². The maximum atomic E-state index is 12.3. The maximum absolute atomic E-state index is 12.3. The Balaban J connectivity index is 1.43. The summed E-state index contributed by atoms with van der Waals surface area (Å²) in [5.74, 6) is 0.286. The van der Waals surface area contributed by atoms with Gasteiger partial charge in [0.1, 0.15) is 0 Å². The molecule has 0 unspecified atom stereocenters. The molecule has 2 aliphatic heterocycles. The van der Waals surface area contributed by atoms with Crippen molar-refractivity contribution in [2.45, 2.75) is 44.8 Å². The number of pyridine rings is 1. The Bertz CT molecular complexity index is 494. The standard InChI is InChI=1S/C18H27N3O2/c1-15(16-4-2-8-19-14-16)20-9-11-21(12-10-20)18(22)7-6-17-5-3-13-23-17/h2,4,8,14-15,17H,3,5-7,9-13H2,1H3/t15-,17-/m1/s1. The predicted octanol–water partition coefficient (Wildman–Crippen LogP) is 2.25. The van der Waals surface area contributed by atoms with E-state index in [9.17, 15) is 4.79 Å². The molecule has 0 spiro atoms. The molecule has 0 saturated carbocycles. The average Bonchev–Trinajstić information content (AvgIpc) is 3.13. The quantitative estimate of drug-likeness (QED) is 0.835. The van der Waals surface area contributed by atoms with Gasteiger partial charge >= 0.3 is 0 Å². The first kappa shape index (κ1) is 16.4. The van der Waals surface area contributed by atoms with Crippen molar-refractivity contribution >= 4 is 5.91 Å². The Labute approximate surface area is 138 Å². The maximum Gasteiger partial charge on any atom is 0.222 e. The van der Waals surface area contributed by atoms with Gasteiger partial charge in [-0.1, -0.05) is 6.07 Å². The number of rotatable bonds is 5. The van der Waals surface area contributed by atoms with Gasteiger partial charge in [-0.05, 0) is 37.8 Å². The molecule has 2 aliphatic rings. The Morgan fingerprint density at radius 3 is 2.87 bits per heavy atom. The van der Waals surface area contributed by atoms with Crippen molar-refractivity contribution in [3.63, 3.8) is 0 Å². The molecule has 1 aromatic rings. The summed E-state index contributed by atoms with van der Waals surface area (Å²) in [5, 5.41) is 0. The topological polar surface area (TPSA) is 45.7 Å². The van der Waals surface area contributed by atoms with Gasteiger partial charge in [-0.25, -0.2) is 0 Å². The van der Waals surface area contributed by atoms with Crippen molar-refractivity contribution in [2.75, 3.05) is 32.8 Å². The number of hydrogen-bond donors (Lipinski definition) is 0. The Hall–Kier alpha value is -1.46. The van der Waals surface area contributed by atoms with Crippen LogP contribution in [0.4, 0.5) is 0 Å². The second-order valence-electron chi connectivity index (χ2n) is 6.55. The van der Waals surface area contributed by atoms with E-state index in [4.69, 9.17) is 4.74 Å². The monoisotopic (exact) mass is 317 g/mol. The zero-order valence-corrected chi connectivity index (χ0v) is 14.0. The first-order chi connectivity index (χ1) is 11.2. The lowest BCUT2D eigenvalue weighted by atomic mass is 10.1. The van der Waals surface area contributed by atoms with Crippen molar-refractivity contribution < 1.29 is 9.53 Å². The molecule has 2 saturated heterocycles. The Kier molecular flexibility index (Phi) is 5.62. The van der Waals surface area contributed by atoms with E-state index in [-0.39, 0.29) is 5.91 Å². The molecule has 126 valence electrons. The van der Waals surface area contributed by atoms with Gasteiger partial charge in [0.2, 0.25) is 5.91 Å². The van der Waals surface area contributed by atoms with Crippen molar-refractivity contribution in [3.8, 4) is 0 Å². The van der Waals surface area contributed by atoms with Crippen LogP contribution in [0.25, 0.3) is 0 Å². The molecule has 2 atom stereocenters. The SMILES string of the molecule is C[C@H](c1cccnc1)N1CCN(C(=O)CC[C@H]2CCCO2)CC1. The molecule has 5 nitrogen and oxygen atoms in total. The average molecular weight is 317 g/mol. The largest absolute Gasteiger partial charge is 0.378 e. The van der Waals surface area contributed by atoms with Crippen LogP contribution >= 0.6 is 0 Å². The van der Waals surface area contributed by atoms with E-state index in [1.165, 1.54) is 5.56 Å². The van der Waals surface area contributed by atoms with Crippen molar-refractivity contribution in [3.05, 3.63) is 30.1 Å². The van der Waals surface area contributed by atoms with Gasteiger partial charge < -0.3 is 9.64 Å². The van der Waals surface area contributed by atoms with Crippen LogP contribution in [0.3, 0.4) is 0 Å². The first-order valence-corrected chi connectivity index (χ1v) is 8.77.